The van der Waals surface area contributed by atoms with Crippen molar-refractivity contribution in [1.29, 1.82) is 0 Å². The number of hydrogen-bond acceptors (Lipinski definition) is 3. The van der Waals surface area contributed by atoms with Crippen LogP contribution in [-0.4, -0.2) is 43.3 Å². The van der Waals surface area contributed by atoms with E-state index in [4.69, 9.17) is 23.2 Å². The molecule has 0 aliphatic carbocycles. The van der Waals surface area contributed by atoms with Gasteiger partial charge in [0.2, 0.25) is 5.91 Å². The molecule has 0 N–H and O–H groups in total. The van der Waals surface area contributed by atoms with E-state index in [0.717, 1.165) is 5.56 Å². The van der Waals surface area contributed by atoms with E-state index in [2.05, 4.69) is 0 Å². The third kappa shape index (κ3) is 5.60. The number of sulfone groups is 1. The van der Waals surface area contributed by atoms with Crippen molar-refractivity contribution in [1.82, 2.24) is 4.90 Å². The maximum Gasteiger partial charge on any atom is 0.246 e. The van der Waals surface area contributed by atoms with Gasteiger partial charge >= 0.3 is 0 Å². The van der Waals surface area contributed by atoms with Crippen molar-refractivity contribution < 1.29 is 13.2 Å². The molecule has 2 aromatic carbocycles. The van der Waals surface area contributed by atoms with Crippen molar-refractivity contribution in [3.63, 3.8) is 0 Å². The predicted octanol–water partition coefficient (Wildman–Crippen LogP) is 4.27. The van der Waals surface area contributed by atoms with Gasteiger partial charge in [-0.2, -0.15) is 0 Å². The van der Waals surface area contributed by atoms with Crippen molar-refractivity contribution in [3.05, 3.63) is 75.8 Å². The first-order valence-electron chi connectivity index (χ1n) is 9.02. The lowest BCUT2D eigenvalue weighted by Gasteiger charge is -2.27. The van der Waals surface area contributed by atoms with E-state index in [1.807, 2.05) is 30.3 Å². The Labute approximate surface area is 175 Å². The summed E-state index contributed by atoms with van der Waals surface area (Å²) in [4.78, 5) is 14.6. The Balaban J connectivity index is 1.76. The Morgan fingerprint density at radius 3 is 2.54 bits per heavy atom. The zero-order valence-corrected chi connectivity index (χ0v) is 17.6. The number of nitrogens with zero attached hydrogens (tertiary/aromatic N) is 1. The van der Waals surface area contributed by atoms with Crippen LogP contribution in [0.1, 0.15) is 17.5 Å². The molecule has 4 nitrogen and oxygen atoms in total. The average Bonchev–Trinajstić information content (AvgIpc) is 3.01. The Kier molecular flexibility index (Phi) is 6.81. The summed E-state index contributed by atoms with van der Waals surface area (Å²) in [5, 5.41) is 0.977. The van der Waals surface area contributed by atoms with Crippen LogP contribution < -0.4 is 0 Å². The third-order valence-corrected chi connectivity index (χ3v) is 7.10. The number of carbonyl (C=O) groups excluding carboxylic acids is 1. The number of hydrogen-bond donors (Lipinski definition) is 0. The highest BCUT2D eigenvalue weighted by atomic mass is 35.5. The van der Waals surface area contributed by atoms with Crippen molar-refractivity contribution in [3.8, 4) is 0 Å². The van der Waals surface area contributed by atoms with Crippen molar-refractivity contribution >= 4 is 45.0 Å². The number of halogens is 2. The highest BCUT2D eigenvalue weighted by Gasteiger charge is 2.33. The van der Waals surface area contributed by atoms with Crippen LogP contribution in [0.3, 0.4) is 0 Å². The van der Waals surface area contributed by atoms with Gasteiger partial charge in [-0.05, 0) is 42.2 Å². The van der Waals surface area contributed by atoms with Crippen LogP contribution in [0.15, 0.2) is 54.6 Å². The van der Waals surface area contributed by atoms with E-state index < -0.39 is 9.84 Å². The molecule has 1 fully saturated rings. The van der Waals surface area contributed by atoms with Gasteiger partial charge in [0.15, 0.2) is 9.84 Å². The summed E-state index contributed by atoms with van der Waals surface area (Å²) in [6.45, 7) is 0.460. The molecule has 148 valence electrons. The molecule has 0 bridgehead atoms. The van der Waals surface area contributed by atoms with Gasteiger partial charge in [-0.15, -0.1) is 0 Å². The molecule has 0 saturated carbocycles. The Bertz CT molecular complexity index is 974. The van der Waals surface area contributed by atoms with Gasteiger partial charge in [0.25, 0.3) is 0 Å². The third-order valence-electron chi connectivity index (χ3n) is 4.78. The van der Waals surface area contributed by atoms with Gasteiger partial charge in [0.05, 0.1) is 11.5 Å². The fraction of sp³-hybridized carbons (Fsp3) is 0.286. The van der Waals surface area contributed by atoms with Crippen LogP contribution in [0.4, 0.5) is 0 Å². The van der Waals surface area contributed by atoms with Crippen LogP contribution in [0.25, 0.3) is 6.08 Å². The number of amides is 1. The van der Waals surface area contributed by atoms with Gasteiger partial charge in [-0.3, -0.25) is 4.79 Å². The number of rotatable bonds is 6. The summed E-state index contributed by atoms with van der Waals surface area (Å²) in [6.07, 6.45) is 4.22. The minimum absolute atomic E-state index is 0.0169. The van der Waals surface area contributed by atoms with E-state index in [0.29, 0.717) is 35.0 Å². The number of carbonyl (C=O) groups is 1. The second-order valence-corrected chi connectivity index (χ2v) is 9.90. The first kappa shape index (κ1) is 20.9. The second-order valence-electron chi connectivity index (χ2n) is 6.82. The van der Waals surface area contributed by atoms with Gasteiger partial charge in [-0.1, -0.05) is 59.6 Å². The molecule has 1 amide bonds. The Hall–Kier alpha value is -1.82. The summed E-state index contributed by atoms with van der Waals surface area (Å²) in [6, 6.07) is 14.6. The van der Waals surface area contributed by atoms with Crippen molar-refractivity contribution in [2.45, 2.75) is 18.9 Å². The molecule has 7 heteroatoms. The molecule has 1 atom stereocenters. The summed E-state index contributed by atoms with van der Waals surface area (Å²) in [5.74, 6) is -0.0770. The summed E-state index contributed by atoms with van der Waals surface area (Å²) in [5.41, 5.74) is 1.78. The summed E-state index contributed by atoms with van der Waals surface area (Å²) < 4.78 is 23.8. The molecule has 2 aromatic rings. The van der Waals surface area contributed by atoms with Crippen LogP contribution in [0, 0.1) is 0 Å². The first-order chi connectivity index (χ1) is 13.3. The lowest BCUT2D eigenvalue weighted by atomic mass is 10.1. The van der Waals surface area contributed by atoms with Gasteiger partial charge in [0.1, 0.15) is 0 Å². The van der Waals surface area contributed by atoms with Gasteiger partial charge in [-0.25, -0.2) is 8.42 Å². The molecule has 0 unspecified atom stereocenters. The zero-order valence-electron chi connectivity index (χ0n) is 15.2. The van der Waals surface area contributed by atoms with Crippen LogP contribution in [-0.2, 0) is 21.1 Å². The molecular formula is C21H21Cl2NO3S. The highest BCUT2D eigenvalue weighted by Crippen LogP contribution is 2.23. The highest BCUT2D eigenvalue weighted by molar-refractivity contribution is 7.91. The van der Waals surface area contributed by atoms with E-state index in [-0.39, 0.29) is 23.5 Å². The molecule has 28 heavy (non-hydrogen) atoms. The van der Waals surface area contributed by atoms with Crippen molar-refractivity contribution in [2.24, 2.45) is 0 Å². The summed E-state index contributed by atoms with van der Waals surface area (Å²) in [7, 11) is -3.09. The van der Waals surface area contributed by atoms with E-state index in [1.165, 1.54) is 6.08 Å². The SMILES string of the molecule is O=C(/C=C/c1ccc(Cl)cc1Cl)N(CCc1ccccc1)[C@H]1CCS(=O)(=O)C1. The smallest absolute Gasteiger partial charge is 0.246 e. The van der Waals surface area contributed by atoms with Gasteiger partial charge < -0.3 is 4.90 Å². The molecule has 0 aromatic heterocycles. The lowest BCUT2D eigenvalue weighted by molar-refractivity contribution is -0.127. The molecule has 0 radical (unpaired) electrons. The molecule has 1 aliphatic heterocycles. The minimum Gasteiger partial charge on any atom is -0.335 e. The van der Waals surface area contributed by atoms with Gasteiger partial charge in [0, 0.05) is 28.7 Å². The largest absolute Gasteiger partial charge is 0.335 e. The summed E-state index contributed by atoms with van der Waals surface area (Å²) >= 11 is 12.1. The second kappa shape index (κ2) is 9.12. The van der Waals surface area contributed by atoms with E-state index in [1.54, 1.807) is 29.2 Å². The molecule has 3 rings (SSSR count). The van der Waals surface area contributed by atoms with Crippen LogP contribution >= 0.6 is 23.2 Å². The molecule has 1 aliphatic rings. The average molecular weight is 438 g/mol. The molecular weight excluding hydrogens is 417 g/mol. The fourth-order valence-corrected chi connectivity index (χ4v) is 5.48. The van der Waals surface area contributed by atoms with Crippen molar-refractivity contribution in [2.75, 3.05) is 18.1 Å². The molecule has 1 heterocycles. The normalized spacial score (nSPS) is 18.4. The minimum atomic E-state index is -3.09. The van der Waals surface area contributed by atoms with Crippen LogP contribution in [0.2, 0.25) is 10.0 Å². The van der Waals surface area contributed by atoms with E-state index in [9.17, 15) is 13.2 Å². The Morgan fingerprint density at radius 1 is 1.14 bits per heavy atom. The maximum absolute atomic E-state index is 12.9. The van der Waals surface area contributed by atoms with E-state index >= 15 is 0 Å². The zero-order chi connectivity index (χ0) is 20.1. The Morgan fingerprint density at radius 2 is 1.89 bits per heavy atom. The topological polar surface area (TPSA) is 54.5 Å². The lowest BCUT2D eigenvalue weighted by Crippen LogP contribution is -2.41. The quantitative estimate of drug-likeness (QED) is 0.634. The number of benzene rings is 2. The fourth-order valence-electron chi connectivity index (χ4n) is 3.28. The standard InChI is InChI=1S/C21H21Cl2NO3S/c22-18-8-6-17(20(23)14-18)7-9-21(25)24(19-11-13-28(26,27)15-19)12-10-16-4-2-1-3-5-16/h1-9,14,19H,10-13,15H2/b9-7+/t19-/m0/s1. The maximum atomic E-state index is 12.9. The predicted molar refractivity (Wildman–Crippen MR) is 114 cm³/mol. The monoisotopic (exact) mass is 437 g/mol. The molecule has 1 saturated heterocycles. The first-order valence-corrected chi connectivity index (χ1v) is 11.6. The molecule has 0 spiro atoms. The van der Waals surface area contributed by atoms with Crippen LogP contribution in [0.5, 0.6) is 0 Å².